The Kier molecular flexibility index (Phi) is 2.66. The molecule has 0 amide bonds. The molecule has 0 saturated carbocycles. The van der Waals surface area contributed by atoms with Gasteiger partial charge in [-0.15, -0.1) is 0 Å². The van der Waals surface area contributed by atoms with E-state index < -0.39 is 5.97 Å². The molecule has 2 heterocycles. The summed E-state index contributed by atoms with van der Waals surface area (Å²) >= 11 is 5.75. The van der Waals surface area contributed by atoms with Gasteiger partial charge < -0.3 is 5.11 Å². The first-order valence-electron chi connectivity index (χ1n) is 4.60. The van der Waals surface area contributed by atoms with E-state index in [1.165, 1.54) is 10.5 Å². The Morgan fingerprint density at radius 3 is 2.88 bits per heavy atom. The predicted octanol–water partition coefficient (Wildman–Crippen LogP) is 1.58. The second-order valence-corrected chi connectivity index (χ2v) is 3.76. The fourth-order valence-corrected chi connectivity index (χ4v) is 1.81. The van der Waals surface area contributed by atoms with Crippen LogP contribution < -0.4 is 5.56 Å². The summed E-state index contributed by atoms with van der Waals surface area (Å²) in [6.07, 6.45) is 1.41. The lowest BCUT2D eigenvalue weighted by Crippen LogP contribution is -2.16. The highest BCUT2D eigenvalue weighted by Crippen LogP contribution is 2.14. The monoisotopic (exact) mass is 237 g/mol. The van der Waals surface area contributed by atoms with E-state index in [0.29, 0.717) is 11.1 Å². The Morgan fingerprint density at radius 2 is 2.19 bits per heavy atom. The van der Waals surface area contributed by atoms with Gasteiger partial charge in [0.1, 0.15) is 5.02 Å². The van der Waals surface area contributed by atoms with Gasteiger partial charge in [-0.25, -0.2) is 0 Å². The lowest BCUT2D eigenvalue weighted by atomic mass is 10.1. The van der Waals surface area contributed by atoms with Crippen molar-refractivity contribution in [1.82, 2.24) is 4.40 Å². The second-order valence-electron chi connectivity index (χ2n) is 3.35. The Morgan fingerprint density at radius 1 is 1.44 bits per heavy atom. The molecule has 0 radical (unpaired) electrons. The van der Waals surface area contributed by atoms with E-state index in [-0.39, 0.29) is 17.0 Å². The number of carbonyl (C=O) groups is 1. The van der Waals surface area contributed by atoms with Crippen LogP contribution in [0.2, 0.25) is 5.02 Å². The number of pyridine rings is 2. The molecule has 1 N–H and O–H groups in total. The molecule has 0 aliphatic carbocycles. The Bertz CT molecular complexity index is 618. The molecule has 0 atom stereocenters. The molecule has 0 aliphatic rings. The van der Waals surface area contributed by atoms with Gasteiger partial charge in [-0.2, -0.15) is 0 Å². The second kappa shape index (κ2) is 3.98. The molecule has 82 valence electrons. The first-order valence-corrected chi connectivity index (χ1v) is 4.98. The van der Waals surface area contributed by atoms with E-state index in [9.17, 15) is 9.59 Å². The molecule has 0 unspecified atom stereocenters. The summed E-state index contributed by atoms with van der Waals surface area (Å²) in [7, 11) is 0. The number of halogens is 1. The predicted molar refractivity (Wildman–Crippen MR) is 60.0 cm³/mol. The van der Waals surface area contributed by atoms with Gasteiger partial charge in [-0.1, -0.05) is 17.7 Å². The Labute approximate surface area is 95.7 Å². The number of carboxylic acids is 1. The van der Waals surface area contributed by atoms with Crippen LogP contribution in [0, 0.1) is 0 Å². The van der Waals surface area contributed by atoms with Crippen molar-refractivity contribution in [1.29, 1.82) is 0 Å². The van der Waals surface area contributed by atoms with E-state index >= 15 is 0 Å². The normalized spacial score (nSPS) is 10.6. The topological polar surface area (TPSA) is 58.8 Å². The van der Waals surface area contributed by atoms with Crippen LogP contribution in [-0.4, -0.2) is 15.5 Å². The summed E-state index contributed by atoms with van der Waals surface area (Å²) in [5, 5.41) is 8.78. The highest BCUT2D eigenvalue weighted by Gasteiger charge is 2.09. The molecule has 0 aliphatic heterocycles. The van der Waals surface area contributed by atoms with Crippen molar-refractivity contribution >= 4 is 23.1 Å². The summed E-state index contributed by atoms with van der Waals surface area (Å²) in [6, 6.07) is 6.53. The zero-order valence-electron chi connectivity index (χ0n) is 8.18. The van der Waals surface area contributed by atoms with Crippen LogP contribution in [0.3, 0.4) is 0 Å². The molecule has 0 aromatic carbocycles. The molecule has 4 nitrogen and oxygen atoms in total. The van der Waals surface area contributed by atoms with Crippen molar-refractivity contribution in [2.24, 2.45) is 0 Å². The molecule has 0 saturated heterocycles. The summed E-state index contributed by atoms with van der Waals surface area (Å²) < 4.78 is 1.35. The third-order valence-corrected chi connectivity index (χ3v) is 2.53. The first kappa shape index (κ1) is 10.7. The molecule has 5 heteroatoms. The van der Waals surface area contributed by atoms with Crippen molar-refractivity contribution in [2.75, 3.05) is 0 Å². The van der Waals surface area contributed by atoms with Crippen LogP contribution in [0.5, 0.6) is 0 Å². The van der Waals surface area contributed by atoms with Crippen molar-refractivity contribution < 1.29 is 9.90 Å². The van der Waals surface area contributed by atoms with Gasteiger partial charge in [0, 0.05) is 6.20 Å². The van der Waals surface area contributed by atoms with Crippen LogP contribution >= 0.6 is 11.6 Å². The van der Waals surface area contributed by atoms with Crippen molar-refractivity contribution in [3.05, 3.63) is 51.4 Å². The van der Waals surface area contributed by atoms with Gasteiger partial charge in [0.15, 0.2) is 0 Å². The number of hydrogen-bond acceptors (Lipinski definition) is 2. The smallest absolute Gasteiger partial charge is 0.307 e. The van der Waals surface area contributed by atoms with Crippen molar-refractivity contribution in [3.63, 3.8) is 0 Å². The summed E-state index contributed by atoms with van der Waals surface area (Å²) in [5.41, 5.74) is 0.753. The first-order chi connectivity index (χ1) is 7.59. The van der Waals surface area contributed by atoms with E-state index in [1.54, 1.807) is 24.4 Å². The highest BCUT2D eigenvalue weighted by atomic mass is 35.5. The van der Waals surface area contributed by atoms with Crippen molar-refractivity contribution in [3.8, 4) is 0 Å². The maximum absolute atomic E-state index is 11.6. The molecular weight excluding hydrogens is 230 g/mol. The van der Waals surface area contributed by atoms with Crippen LogP contribution in [0.4, 0.5) is 0 Å². The molecule has 2 aromatic heterocycles. The van der Waals surface area contributed by atoms with Gasteiger partial charge in [-0.3, -0.25) is 14.0 Å². The quantitative estimate of drug-likeness (QED) is 0.863. The Hall–Kier alpha value is -1.81. The average Bonchev–Trinajstić information content (AvgIpc) is 2.25. The summed E-state index contributed by atoms with van der Waals surface area (Å²) in [5.74, 6) is -0.958. The van der Waals surface area contributed by atoms with E-state index in [0.717, 1.165) is 0 Å². The number of nitrogens with zero attached hydrogens (tertiary/aromatic N) is 1. The molecule has 0 bridgehead atoms. The molecule has 2 aromatic rings. The number of aliphatic carboxylic acids is 1. The lowest BCUT2D eigenvalue weighted by molar-refractivity contribution is -0.136. The van der Waals surface area contributed by atoms with E-state index in [4.69, 9.17) is 16.7 Å². The fraction of sp³-hybridized carbons (Fsp3) is 0.0909. The average molecular weight is 238 g/mol. The lowest BCUT2D eigenvalue weighted by Gasteiger charge is -2.06. The number of carboxylic acid groups (broad SMARTS) is 1. The summed E-state index contributed by atoms with van der Waals surface area (Å²) in [6.45, 7) is 0. The van der Waals surface area contributed by atoms with Crippen molar-refractivity contribution in [2.45, 2.75) is 6.42 Å². The van der Waals surface area contributed by atoms with Gasteiger partial charge in [0.05, 0.1) is 11.9 Å². The zero-order chi connectivity index (χ0) is 11.7. The minimum atomic E-state index is -0.958. The van der Waals surface area contributed by atoms with Gasteiger partial charge >= 0.3 is 5.97 Å². The number of rotatable bonds is 2. The van der Waals surface area contributed by atoms with Crippen LogP contribution in [0.15, 0.2) is 35.3 Å². The van der Waals surface area contributed by atoms with Crippen LogP contribution in [0.1, 0.15) is 5.56 Å². The van der Waals surface area contributed by atoms with Crippen LogP contribution in [-0.2, 0) is 11.2 Å². The third kappa shape index (κ3) is 1.79. The standard InChI is InChI=1S/C11H8ClNO3/c12-8-5-7(6-10(14)15)9-3-1-2-4-13(9)11(8)16/h1-5H,6H2,(H,14,15). The van der Waals surface area contributed by atoms with Gasteiger partial charge in [0.25, 0.3) is 5.56 Å². The SMILES string of the molecule is O=C(O)Cc1cc(Cl)c(=O)n2ccccc12. The number of aromatic nitrogens is 1. The minimum Gasteiger partial charge on any atom is -0.481 e. The third-order valence-electron chi connectivity index (χ3n) is 2.25. The number of hydrogen-bond donors (Lipinski definition) is 1. The molecule has 0 fully saturated rings. The van der Waals surface area contributed by atoms with Crippen LogP contribution in [0.25, 0.3) is 5.52 Å². The fourth-order valence-electron chi connectivity index (χ4n) is 1.59. The van der Waals surface area contributed by atoms with E-state index in [1.807, 2.05) is 0 Å². The maximum Gasteiger partial charge on any atom is 0.307 e. The maximum atomic E-state index is 11.6. The molecule has 2 rings (SSSR count). The van der Waals surface area contributed by atoms with Gasteiger partial charge in [0.2, 0.25) is 0 Å². The zero-order valence-corrected chi connectivity index (χ0v) is 8.94. The molecule has 16 heavy (non-hydrogen) atoms. The molecule has 0 spiro atoms. The molecular formula is C11H8ClNO3. The van der Waals surface area contributed by atoms with Gasteiger partial charge in [-0.05, 0) is 23.8 Å². The van der Waals surface area contributed by atoms with E-state index in [2.05, 4.69) is 0 Å². The Balaban J connectivity index is 2.79. The summed E-state index contributed by atoms with van der Waals surface area (Å²) in [4.78, 5) is 22.3. The highest BCUT2D eigenvalue weighted by molar-refractivity contribution is 6.30. The largest absolute Gasteiger partial charge is 0.481 e. The number of fused-ring (bicyclic) bond motifs is 1. The minimum absolute atomic E-state index is 0.0277.